The molecule has 1 aliphatic rings. The lowest BCUT2D eigenvalue weighted by molar-refractivity contribution is -0.131. The summed E-state index contributed by atoms with van der Waals surface area (Å²) in [5.41, 5.74) is 3.08. The first-order chi connectivity index (χ1) is 13.6. The van der Waals surface area contributed by atoms with Crippen LogP contribution in [0.5, 0.6) is 0 Å². The van der Waals surface area contributed by atoms with Crippen LogP contribution in [0.3, 0.4) is 0 Å². The van der Waals surface area contributed by atoms with E-state index in [1.807, 2.05) is 67.3 Å². The van der Waals surface area contributed by atoms with Gasteiger partial charge in [0.25, 0.3) is 5.91 Å². The molecule has 4 nitrogen and oxygen atoms in total. The van der Waals surface area contributed by atoms with Gasteiger partial charge in [-0.3, -0.25) is 14.7 Å². The Morgan fingerprint density at radius 3 is 2.32 bits per heavy atom. The fourth-order valence-corrected chi connectivity index (χ4v) is 3.82. The van der Waals surface area contributed by atoms with Crippen LogP contribution >= 0.6 is 0 Å². The first kappa shape index (κ1) is 19.8. The molecule has 144 valence electrons. The van der Waals surface area contributed by atoms with Gasteiger partial charge in [-0.05, 0) is 42.0 Å². The summed E-state index contributed by atoms with van der Waals surface area (Å²) in [6.07, 6.45) is 3.25. The lowest BCUT2D eigenvalue weighted by atomic mass is 9.93. The maximum atomic E-state index is 13.1. The van der Waals surface area contributed by atoms with Gasteiger partial charge in [0, 0.05) is 6.42 Å². The van der Waals surface area contributed by atoms with E-state index in [1.165, 1.54) is 0 Å². The van der Waals surface area contributed by atoms with E-state index < -0.39 is 5.54 Å². The van der Waals surface area contributed by atoms with Crippen LogP contribution in [0.15, 0.2) is 53.5 Å². The van der Waals surface area contributed by atoms with Crippen LogP contribution in [-0.4, -0.2) is 22.2 Å². The third kappa shape index (κ3) is 3.57. The summed E-state index contributed by atoms with van der Waals surface area (Å²) in [5.74, 6) is 1.04. The van der Waals surface area contributed by atoms with Crippen LogP contribution in [0.1, 0.15) is 57.6 Å². The Kier molecular flexibility index (Phi) is 5.94. The fraction of sp³-hybridized carbons (Fsp3) is 0.375. The van der Waals surface area contributed by atoms with Gasteiger partial charge in [0.2, 0.25) is 0 Å². The van der Waals surface area contributed by atoms with E-state index in [0.29, 0.717) is 12.1 Å². The van der Waals surface area contributed by atoms with Gasteiger partial charge in [0.1, 0.15) is 11.4 Å². The molecule has 0 aromatic heterocycles. The standard InChI is InChI=1S/C24H27N3O/c1-4-9-22-26-24(5-2,6-3)23(28)27(22)17-18-12-14-19(15-13-18)21-11-8-7-10-20(21)16-25/h7-8,10-15H,4-6,9,17H2,1-3H3. The highest BCUT2D eigenvalue weighted by Crippen LogP contribution is 2.32. The molecule has 3 rings (SSSR count). The molecule has 0 fully saturated rings. The minimum Gasteiger partial charge on any atom is -0.294 e. The monoisotopic (exact) mass is 373 g/mol. The number of nitrogens with zero attached hydrogens (tertiary/aromatic N) is 3. The summed E-state index contributed by atoms with van der Waals surface area (Å²) in [6.45, 7) is 6.74. The van der Waals surface area contributed by atoms with Crippen molar-refractivity contribution in [2.24, 2.45) is 4.99 Å². The summed E-state index contributed by atoms with van der Waals surface area (Å²) in [6, 6.07) is 18.0. The van der Waals surface area contributed by atoms with Crippen molar-refractivity contribution in [2.45, 2.75) is 58.5 Å². The zero-order valence-corrected chi connectivity index (χ0v) is 16.9. The average molecular weight is 374 g/mol. The molecule has 0 N–H and O–H groups in total. The number of amidine groups is 1. The fourth-order valence-electron chi connectivity index (χ4n) is 3.82. The maximum absolute atomic E-state index is 13.1. The first-order valence-electron chi connectivity index (χ1n) is 10.1. The average Bonchev–Trinajstić information content (AvgIpc) is 3.00. The number of rotatable bonds is 7. The van der Waals surface area contributed by atoms with Crippen molar-refractivity contribution in [1.82, 2.24) is 4.90 Å². The quantitative estimate of drug-likeness (QED) is 0.659. The number of hydrogen-bond acceptors (Lipinski definition) is 3. The maximum Gasteiger partial charge on any atom is 0.256 e. The zero-order chi connectivity index (χ0) is 20.1. The van der Waals surface area contributed by atoms with E-state index in [0.717, 1.165) is 48.2 Å². The van der Waals surface area contributed by atoms with Crippen molar-refractivity contribution < 1.29 is 4.79 Å². The van der Waals surface area contributed by atoms with Crippen molar-refractivity contribution in [3.05, 3.63) is 59.7 Å². The van der Waals surface area contributed by atoms with Crippen molar-refractivity contribution in [3.63, 3.8) is 0 Å². The molecule has 0 saturated heterocycles. The van der Waals surface area contributed by atoms with Crippen LogP contribution in [0.4, 0.5) is 0 Å². The summed E-state index contributed by atoms with van der Waals surface area (Å²) in [4.78, 5) is 19.8. The molecule has 0 bridgehead atoms. The number of amides is 1. The van der Waals surface area contributed by atoms with Gasteiger partial charge in [-0.25, -0.2) is 0 Å². The lowest BCUT2D eigenvalue weighted by Crippen LogP contribution is -2.41. The molecule has 0 spiro atoms. The third-order valence-corrected chi connectivity index (χ3v) is 5.59. The molecule has 1 amide bonds. The van der Waals surface area contributed by atoms with Crippen molar-refractivity contribution in [2.75, 3.05) is 0 Å². The van der Waals surface area contributed by atoms with E-state index >= 15 is 0 Å². The molecule has 1 heterocycles. The Morgan fingerprint density at radius 2 is 1.71 bits per heavy atom. The summed E-state index contributed by atoms with van der Waals surface area (Å²) >= 11 is 0. The van der Waals surface area contributed by atoms with Crippen molar-refractivity contribution in [3.8, 4) is 17.2 Å². The SMILES string of the molecule is CCCC1=NC(CC)(CC)C(=O)N1Cc1ccc(-c2ccccc2C#N)cc1. The van der Waals surface area contributed by atoms with E-state index in [1.54, 1.807) is 0 Å². The molecule has 0 unspecified atom stereocenters. The van der Waals surface area contributed by atoms with Crippen LogP contribution in [0.25, 0.3) is 11.1 Å². The number of aliphatic imine (C=N–C) groups is 1. The van der Waals surface area contributed by atoms with Gasteiger partial charge in [0.05, 0.1) is 18.2 Å². The number of benzene rings is 2. The normalized spacial score (nSPS) is 15.4. The molecule has 4 heteroatoms. The topological polar surface area (TPSA) is 56.5 Å². The number of carbonyl (C=O) groups excluding carboxylic acids is 1. The van der Waals surface area contributed by atoms with Crippen molar-refractivity contribution >= 4 is 11.7 Å². The number of hydrogen-bond donors (Lipinski definition) is 0. The largest absolute Gasteiger partial charge is 0.294 e. The van der Waals surface area contributed by atoms with Gasteiger partial charge < -0.3 is 0 Å². The Balaban J connectivity index is 1.85. The van der Waals surface area contributed by atoms with E-state index in [-0.39, 0.29) is 5.91 Å². The smallest absolute Gasteiger partial charge is 0.256 e. The van der Waals surface area contributed by atoms with Gasteiger partial charge in [-0.15, -0.1) is 0 Å². The van der Waals surface area contributed by atoms with Crippen LogP contribution in [-0.2, 0) is 11.3 Å². The second kappa shape index (κ2) is 8.39. The molecule has 2 aromatic rings. The first-order valence-corrected chi connectivity index (χ1v) is 10.1. The van der Waals surface area contributed by atoms with Crippen LogP contribution < -0.4 is 0 Å². The highest BCUT2D eigenvalue weighted by molar-refractivity contribution is 6.08. The highest BCUT2D eigenvalue weighted by Gasteiger charge is 2.44. The molecule has 0 saturated carbocycles. The highest BCUT2D eigenvalue weighted by atomic mass is 16.2. The number of nitriles is 1. The molecular formula is C24H27N3O. The lowest BCUT2D eigenvalue weighted by Gasteiger charge is -2.24. The van der Waals surface area contributed by atoms with Gasteiger partial charge >= 0.3 is 0 Å². The molecule has 1 aliphatic heterocycles. The minimum absolute atomic E-state index is 0.125. The van der Waals surface area contributed by atoms with Crippen LogP contribution in [0.2, 0.25) is 0 Å². The van der Waals surface area contributed by atoms with Gasteiger partial charge in [-0.1, -0.05) is 63.2 Å². The predicted molar refractivity (Wildman–Crippen MR) is 113 cm³/mol. The molecule has 0 aliphatic carbocycles. The third-order valence-electron chi connectivity index (χ3n) is 5.59. The number of carbonyl (C=O) groups is 1. The van der Waals surface area contributed by atoms with E-state index in [4.69, 9.17) is 4.99 Å². The second-order valence-corrected chi connectivity index (χ2v) is 7.26. The van der Waals surface area contributed by atoms with Gasteiger partial charge in [-0.2, -0.15) is 5.26 Å². The Bertz CT molecular complexity index is 918. The Labute approximate surface area is 167 Å². The second-order valence-electron chi connectivity index (χ2n) is 7.26. The summed E-state index contributed by atoms with van der Waals surface area (Å²) < 4.78 is 0. The van der Waals surface area contributed by atoms with Crippen LogP contribution in [0, 0.1) is 11.3 Å². The molecule has 0 atom stereocenters. The van der Waals surface area contributed by atoms with Crippen molar-refractivity contribution in [1.29, 1.82) is 5.26 Å². The minimum atomic E-state index is -0.587. The Morgan fingerprint density at radius 1 is 1.04 bits per heavy atom. The molecule has 0 radical (unpaired) electrons. The molecular weight excluding hydrogens is 346 g/mol. The summed E-state index contributed by atoms with van der Waals surface area (Å²) in [7, 11) is 0. The van der Waals surface area contributed by atoms with E-state index in [9.17, 15) is 10.1 Å². The van der Waals surface area contributed by atoms with E-state index in [2.05, 4.69) is 13.0 Å². The predicted octanol–water partition coefficient (Wildman–Crippen LogP) is 5.32. The summed E-state index contributed by atoms with van der Waals surface area (Å²) in [5, 5.41) is 9.32. The zero-order valence-electron chi connectivity index (χ0n) is 16.9. The Hall–Kier alpha value is -2.93. The molecule has 28 heavy (non-hydrogen) atoms. The molecule has 2 aromatic carbocycles. The van der Waals surface area contributed by atoms with Gasteiger partial charge in [0.15, 0.2) is 0 Å².